The summed E-state index contributed by atoms with van der Waals surface area (Å²) in [5.74, 6) is 1.65. The third-order valence-electron chi connectivity index (χ3n) is 12.8. The molecule has 12 rings (SSSR count). The van der Waals surface area contributed by atoms with Gasteiger partial charge < -0.3 is 0 Å². The SMILES string of the molecule is CC1(C)c2ccccc2-c2nc(-c3ccc4c(c3)-c3ccccc3C4(c3ccccc3)c3ccccc3)nc(-n3c4ccccc4c4cc5ccccc5cc43)c21. The Morgan fingerprint density at radius 3 is 1.79 bits per heavy atom. The smallest absolute Gasteiger partial charge is 0.162 e. The van der Waals surface area contributed by atoms with Crippen LogP contribution in [0.25, 0.3) is 72.2 Å². The molecule has 0 N–H and O–H groups in total. The van der Waals surface area contributed by atoms with Crippen LogP contribution in [0.1, 0.15) is 47.2 Å². The minimum absolute atomic E-state index is 0.323. The quantitative estimate of drug-likeness (QED) is 0.181. The predicted octanol–water partition coefficient (Wildman–Crippen LogP) is 13.1. The molecule has 0 saturated heterocycles. The van der Waals surface area contributed by atoms with Crippen molar-refractivity contribution in [3.63, 3.8) is 0 Å². The fraction of sp³-hybridized carbons (Fsp3) is 0.0741. The molecule has 10 aromatic rings. The van der Waals surface area contributed by atoms with Gasteiger partial charge in [-0.05, 0) is 74.0 Å². The summed E-state index contributed by atoms with van der Waals surface area (Å²) in [6.45, 7) is 4.65. The van der Waals surface area contributed by atoms with Gasteiger partial charge in [0.05, 0.1) is 22.1 Å². The summed E-state index contributed by atoms with van der Waals surface area (Å²) in [7, 11) is 0. The van der Waals surface area contributed by atoms with E-state index in [0.717, 1.165) is 39.5 Å². The topological polar surface area (TPSA) is 30.7 Å². The lowest BCUT2D eigenvalue weighted by atomic mass is 9.67. The molecule has 0 spiro atoms. The first-order chi connectivity index (χ1) is 28.0. The molecule has 57 heavy (non-hydrogen) atoms. The van der Waals surface area contributed by atoms with E-state index in [1.807, 2.05) is 0 Å². The van der Waals surface area contributed by atoms with Crippen LogP contribution in [0.3, 0.4) is 0 Å². The van der Waals surface area contributed by atoms with E-state index in [1.54, 1.807) is 0 Å². The highest BCUT2D eigenvalue weighted by Gasteiger charge is 2.46. The van der Waals surface area contributed by atoms with Gasteiger partial charge in [0.2, 0.25) is 0 Å². The lowest BCUT2D eigenvalue weighted by Crippen LogP contribution is -2.28. The van der Waals surface area contributed by atoms with Gasteiger partial charge in [-0.1, -0.05) is 178 Å². The van der Waals surface area contributed by atoms with Crippen LogP contribution < -0.4 is 0 Å². The van der Waals surface area contributed by atoms with Crippen molar-refractivity contribution in [1.82, 2.24) is 14.5 Å². The van der Waals surface area contributed by atoms with E-state index in [0.29, 0.717) is 0 Å². The number of aromatic nitrogens is 3. The molecule has 0 aliphatic heterocycles. The van der Waals surface area contributed by atoms with Gasteiger partial charge in [-0.15, -0.1) is 0 Å². The second kappa shape index (κ2) is 11.7. The first-order valence-corrected chi connectivity index (χ1v) is 19.8. The Labute approximate surface area is 331 Å². The maximum absolute atomic E-state index is 5.70. The van der Waals surface area contributed by atoms with Crippen LogP contribution in [0.2, 0.25) is 0 Å². The lowest BCUT2D eigenvalue weighted by molar-refractivity contribution is 0.650. The van der Waals surface area contributed by atoms with Crippen molar-refractivity contribution in [2.75, 3.05) is 0 Å². The molecule has 2 aliphatic rings. The highest BCUT2D eigenvalue weighted by atomic mass is 15.1. The van der Waals surface area contributed by atoms with Crippen LogP contribution >= 0.6 is 0 Å². The fourth-order valence-corrected chi connectivity index (χ4v) is 10.4. The Bertz CT molecular complexity index is 3220. The minimum Gasteiger partial charge on any atom is -0.293 e. The number of fused-ring (bicyclic) bond motifs is 10. The molecule has 3 heteroatoms. The number of hydrogen-bond acceptors (Lipinski definition) is 2. The van der Waals surface area contributed by atoms with Gasteiger partial charge in [-0.3, -0.25) is 4.57 Å². The van der Waals surface area contributed by atoms with E-state index in [2.05, 4.69) is 206 Å². The number of hydrogen-bond donors (Lipinski definition) is 0. The van der Waals surface area contributed by atoms with Crippen molar-refractivity contribution in [2.24, 2.45) is 0 Å². The van der Waals surface area contributed by atoms with Crippen LogP contribution in [0.15, 0.2) is 188 Å². The van der Waals surface area contributed by atoms with Crippen molar-refractivity contribution in [2.45, 2.75) is 24.7 Å². The molecule has 2 aliphatic carbocycles. The van der Waals surface area contributed by atoms with E-state index >= 15 is 0 Å². The number of benzene rings is 8. The predicted molar refractivity (Wildman–Crippen MR) is 234 cm³/mol. The van der Waals surface area contributed by atoms with E-state index in [4.69, 9.17) is 9.97 Å². The molecule has 3 nitrogen and oxygen atoms in total. The summed E-state index contributed by atoms with van der Waals surface area (Å²) in [5, 5.41) is 4.88. The molecule has 0 amide bonds. The second-order valence-electron chi connectivity index (χ2n) is 16.1. The Morgan fingerprint density at radius 2 is 1.04 bits per heavy atom. The molecular weight excluding hydrogens is 691 g/mol. The zero-order chi connectivity index (χ0) is 37.9. The third kappa shape index (κ3) is 4.31. The Balaban J connectivity index is 1.16. The highest BCUT2D eigenvalue weighted by molar-refractivity contribution is 6.13. The van der Waals surface area contributed by atoms with Gasteiger partial charge in [0, 0.05) is 32.9 Å². The standard InChI is InChI=1S/C54H37N3/c1-53(2)44-26-14-12-25-41(44)50-49(53)52(57-47-28-16-13-24-40(47)43-31-34-17-9-10-18-35(34)33-48(43)57)56-51(55-50)36-29-30-46-42(32-36)39-23-11-15-27-45(39)54(46,37-19-5-3-6-20-37)38-21-7-4-8-22-38/h3-33H,1-2H3. The van der Waals surface area contributed by atoms with Crippen molar-refractivity contribution in [1.29, 1.82) is 0 Å². The van der Waals surface area contributed by atoms with Gasteiger partial charge in [-0.2, -0.15) is 0 Å². The lowest BCUT2D eigenvalue weighted by Gasteiger charge is -2.33. The van der Waals surface area contributed by atoms with E-state index < -0.39 is 5.41 Å². The fourth-order valence-electron chi connectivity index (χ4n) is 10.4. The summed E-state index contributed by atoms with van der Waals surface area (Å²) in [4.78, 5) is 11.3. The molecule has 0 unspecified atom stereocenters. The van der Waals surface area contributed by atoms with Crippen LogP contribution in [-0.2, 0) is 10.8 Å². The van der Waals surface area contributed by atoms with Gasteiger partial charge in [0.1, 0.15) is 5.82 Å². The van der Waals surface area contributed by atoms with Gasteiger partial charge >= 0.3 is 0 Å². The monoisotopic (exact) mass is 727 g/mol. The van der Waals surface area contributed by atoms with Crippen LogP contribution in [0.5, 0.6) is 0 Å². The summed E-state index contributed by atoms with van der Waals surface area (Å²) < 4.78 is 2.41. The molecule has 8 aromatic carbocycles. The van der Waals surface area contributed by atoms with E-state index in [9.17, 15) is 0 Å². The Hall–Kier alpha value is -7.10. The van der Waals surface area contributed by atoms with Gasteiger partial charge in [0.25, 0.3) is 0 Å². The molecule has 0 fully saturated rings. The summed E-state index contributed by atoms with van der Waals surface area (Å²) in [5.41, 5.74) is 14.6. The summed E-state index contributed by atoms with van der Waals surface area (Å²) >= 11 is 0. The van der Waals surface area contributed by atoms with Crippen molar-refractivity contribution in [3.05, 3.63) is 221 Å². The first kappa shape index (κ1) is 32.2. The normalized spacial score (nSPS) is 14.4. The minimum atomic E-state index is -0.467. The van der Waals surface area contributed by atoms with Crippen molar-refractivity contribution < 1.29 is 0 Å². The Kier molecular flexibility index (Phi) is 6.61. The van der Waals surface area contributed by atoms with E-state index in [-0.39, 0.29) is 5.41 Å². The molecule has 0 saturated carbocycles. The zero-order valence-corrected chi connectivity index (χ0v) is 31.7. The largest absolute Gasteiger partial charge is 0.293 e. The molecule has 0 atom stereocenters. The molecule has 0 radical (unpaired) electrons. The van der Waals surface area contributed by atoms with Gasteiger partial charge in [0.15, 0.2) is 5.82 Å². The molecule has 268 valence electrons. The molecular formula is C54H37N3. The summed E-state index contributed by atoms with van der Waals surface area (Å²) in [6, 6.07) is 68.7. The maximum Gasteiger partial charge on any atom is 0.162 e. The Morgan fingerprint density at radius 1 is 0.439 bits per heavy atom. The van der Waals surface area contributed by atoms with Crippen LogP contribution in [0.4, 0.5) is 0 Å². The van der Waals surface area contributed by atoms with Crippen molar-refractivity contribution >= 4 is 32.6 Å². The van der Waals surface area contributed by atoms with E-state index in [1.165, 1.54) is 66.1 Å². The number of rotatable bonds is 4. The second-order valence-corrected chi connectivity index (χ2v) is 16.1. The highest BCUT2D eigenvalue weighted by Crippen LogP contribution is 2.57. The zero-order valence-electron chi connectivity index (χ0n) is 31.7. The number of para-hydroxylation sites is 1. The maximum atomic E-state index is 5.70. The van der Waals surface area contributed by atoms with Gasteiger partial charge in [-0.25, -0.2) is 9.97 Å². The summed E-state index contributed by atoms with van der Waals surface area (Å²) in [6.07, 6.45) is 0. The third-order valence-corrected chi connectivity index (χ3v) is 12.8. The average Bonchev–Trinajstić information content (AvgIpc) is 3.84. The average molecular weight is 728 g/mol. The van der Waals surface area contributed by atoms with Crippen molar-refractivity contribution in [3.8, 4) is 39.6 Å². The molecule has 2 heterocycles. The molecule has 0 bridgehead atoms. The number of nitrogens with zero attached hydrogens (tertiary/aromatic N) is 3. The van der Waals surface area contributed by atoms with Crippen LogP contribution in [-0.4, -0.2) is 14.5 Å². The molecule has 2 aromatic heterocycles. The van der Waals surface area contributed by atoms with Crippen LogP contribution in [0, 0.1) is 0 Å². The first-order valence-electron chi connectivity index (χ1n) is 19.8.